The van der Waals surface area contributed by atoms with Crippen LogP contribution in [-0.2, 0) is 28.5 Å². The first-order chi connectivity index (χ1) is 15.5. The summed E-state index contributed by atoms with van der Waals surface area (Å²) >= 11 is 0. The fraction of sp³-hybridized carbons (Fsp3) is 0.391. The van der Waals surface area contributed by atoms with Gasteiger partial charge in [0.25, 0.3) is 0 Å². The van der Waals surface area contributed by atoms with Crippen LogP contribution in [0, 0.1) is 0 Å². The standard InChI is InChI=1S/C23H25NO8/c1-14(25)24-19-21(28-13-18(26)27)20-17(31-23(19)30-16-10-6-3-7-11-16)12-29-22(32-20)15-8-4-2-5-9-15/h2-11,17,19-23H,12-13H2,1H3,(H,24,25)(H,26,27)/t17-,19-,20-,21-,22-,23-/m1/s1. The molecule has 4 rings (SSSR count). The van der Waals surface area contributed by atoms with E-state index in [4.69, 9.17) is 23.7 Å². The summed E-state index contributed by atoms with van der Waals surface area (Å²) in [6.45, 7) is 0.971. The van der Waals surface area contributed by atoms with Crippen molar-refractivity contribution in [3.63, 3.8) is 0 Å². The summed E-state index contributed by atoms with van der Waals surface area (Å²) in [5.41, 5.74) is 0.807. The molecule has 170 valence electrons. The van der Waals surface area contributed by atoms with Gasteiger partial charge in [0.2, 0.25) is 12.2 Å². The number of carboxylic acid groups (broad SMARTS) is 1. The predicted octanol–water partition coefficient (Wildman–Crippen LogP) is 1.88. The number of rotatable bonds is 7. The number of carbonyl (C=O) groups is 2. The maximum absolute atomic E-state index is 12.0. The quantitative estimate of drug-likeness (QED) is 0.667. The molecule has 2 heterocycles. The first kappa shape index (κ1) is 22.2. The van der Waals surface area contributed by atoms with Crippen LogP contribution in [0.15, 0.2) is 60.7 Å². The number of carboxylic acids is 1. The second-order valence-corrected chi connectivity index (χ2v) is 7.55. The van der Waals surface area contributed by atoms with Crippen molar-refractivity contribution in [1.29, 1.82) is 0 Å². The molecule has 2 aliphatic rings. The monoisotopic (exact) mass is 443 g/mol. The summed E-state index contributed by atoms with van der Waals surface area (Å²) in [6.07, 6.45) is -3.76. The van der Waals surface area contributed by atoms with Gasteiger partial charge < -0.3 is 34.1 Å². The molecule has 0 aliphatic carbocycles. The third-order valence-corrected chi connectivity index (χ3v) is 5.18. The minimum Gasteiger partial charge on any atom is -0.480 e. The van der Waals surface area contributed by atoms with Crippen LogP contribution in [0.3, 0.4) is 0 Å². The lowest BCUT2D eigenvalue weighted by atomic mass is 9.95. The summed E-state index contributed by atoms with van der Waals surface area (Å²) in [5, 5.41) is 12.0. The van der Waals surface area contributed by atoms with Crippen LogP contribution in [0.1, 0.15) is 18.8 Å². The molecule has 9 heteroatoms. The Morgan fingerprint density at radius 2 is 1.75 bits per heavy atom. The van der Waals surface area contributed by atoms with Gasteiger partial charge >= 0.3 is 5.97 Å². The molecule has 2 aromatic carbocycles. The highest BCUT2D eigenvalue weighted by Crippen LogP contribution is 2.36. The van der Waals surface area contributed by atoms with E-state index < -0.39 is 49.5 Å². The fourth-order valence-electron chi connectivity index (χ4n) is 3.84. The van der Waals surface area contributed by atoms with Gasteiger partial charge in [0.1, 0.15) is 36.7 Å². The Kier molecular flexibility index (Phi) is 7.01. The predicted molar refractivity (Wildman–Crippen MR) is 111 cm³/mol. The van der Waals surface area contributed by atoms with Crippen LogP contribution in [0.2, 0.25) is 0 Å². The number of carbonyl (C=O) groups excluding carboxylic acids is 1. The summed E-state index contributed by atoms with van der Waals surface area (Å²) in [7, 11) is 0. The maximum atomic E-state index is 12.0. The molecule has 0 saturated carbocycles. The van der Waals surface area contributed by atoms with Gasteiger partial charge in [0.05, 0.1) is 6.61 Å². The zero-order valence-corrected chi connectivity index (χ0v) is 17.5. The van der Waals surface area contributed by atoms with E-state index in [0.717, 1.165) is 5.56 Å². The number of para-hydroxylation sites is 1. The van der Waals surface area contributed by atoms with Crippen molar-refractivity contribution in [3.05, 3.63) is 66.2 Å². The number of benzene rings is 2. The molecular weight excluding hydrogens is 418 g/mol. The van der Waals surface area contributed by atoms with Gasteiger partial charge in [-0.2, -0.15) is 0 Å². The Balaban J connectivity index is 1.61. The molecule has 2 N–H and O–H groups in total. The Hall–Kier alpha value is -2.98. The number of hydrogen-bond donors (Lipinski definition) is 2. The average molecular weight is 443 g/mol. The Bertz CT molecular complexity index is 909. The van der Waals surface area contributed by atoms with Crippen LogP contribution in [0.4, 0.5) is 0 Å². The first-order valence-corrected chi connectivity index (χ1v) is 10.3. The van der Waals surface area contributed by atoms with E-state index >= 15 is 0 Å². The largest absolute Gasteiger partial charge is 0.480 e. The molecule has 2 aromatic rings. The highest BCUT2D eigenvalue weighted by molar-refractivity contribution is 5.73. The molecule has 9 nitrogen and oxygen atoms in total. The highest BCUT2D eigenvalue weighted by Gasteiger charge is 2.52. The fourth-order valence-corrected chi connectivity index (χ4v) is 3.84. The topological polar surface area (TPSA) is 113 Å². The Morgan fingerprint density at radius 3 is 2.41 bits per heavy atom. The molecule has 0 bridgehead atoms. The lowest BCUT2D eigenvalue weighted by Gasteiger charge is -2.49. The summed E-state index contributed by atoms with van der Waals surface area (Å²) in [5.74, 6) is -0.945. The van der Waals surface area contributed by atoms with Crippen LogP contribution < -0.4 is 10.1 Å². The number of amides is 1. The van der Waals surface area contributed by atoms with Gasteiger partial charge in [0.15, 0.2) is 6.29 Å². The van der Waals surface area contributed by atoms with Crippen molar-refractivity contribution in [1.82, 2.24) is 5.32 Å². The third-order valence-electron chi connectivity index (χ3n) is 5.18. The molecule has 2 aliphatic heterocycles. The maximum Gasteiger partial charge on any atom is 0.329 e. The van der Waals surface area contributed by atoms with Crippen LogP contribution in [0.25, 0.3) is 0 Å². The van der Waals surface area contributed by atoms with Gasteiger partial charge in [-0.15, -0.1) is 0 Å². The van der Waals surface area contributed by atoms with Crippen LogP contribution in [0.5, 0.6) is 5.75 Å². The van der Waals surface area contributed by atoms with Gasteiger partial charge in [-0.05, 0) is 12.1 Å². The average Bonchev–Trinajstić information content (AvgIpc) is 2.79. The van der Waals surface area contributed by atoms with Crippen LogP contribution in [-0.4, -0.2) is 60.8 Å². The molecule has 0 spiro atoms. The third kappa shape index (κ3) is 5.25. The normalized spacial score (nSPS) is 29.5. The summed E-state index contributed by atoms with van der Waals surface area (Å²) in [4.78, 5) is 23.2. The van der Waals surface area contributed by atoms with Crippen molar-refractivity contribution in [2.45, 2.75) is 43.9 Å². The minimum atomic E-state index is -1.14. The van der Waals surface area contributed by atoms with Crippen molar-refractivity contribution in [3.8, 4) is 5.75 Å². The number of ether oxygens (including phenoxy) is 5. The van der Waals surface area contributed by atoms with E-state index in [9.17, 15) is 14.7 Å². The second-order valence-electron chi connectivity index (χ2n) is 7.55. The molecule has 2 fully saturated rings. The number of fused-ring (bicyclic) bond motifs is 1. The molecular formula is C23H25NO8. The summed E-state index contributed by atoms with van der Waals surface area (Å²) < 4.78 is 29.9. The van der Waals surface area contributed by atoms with E-state index in [1.54, 1.807) is 12.1 Å². The first-order valence-electron chi connectivity index (χ1n) is 10.3. The van der Waals surface area contributed by atoms with Crippen LogP contribution >= 0.6 is 0 Å². The summed E-state index contributed by atoms with van der Waals surface area (Å²) in [6, 6.07) is 17.5. The van der Waals surface area contributed by atoms with Crippen molar-refractivity contribution in [2.24, 2.45) is 0 Å². The molecule has 0 aromatic heterocycles. The van der Waals surface area contributed by atoms with E-state index in [-0.39, 0.29) is 12.5 Å². The number of aliphatic carboxylic acids is 1. The van der Waals surface area contributed by atoms with Crippen molar-refractivity contribution < 1.29 is 38.4 Å². The molecule has 0 unspecified atom stereocenters. The van der Waals surface area contributed by atoms with Crippen molar-refractivity contribution in [2.75, 3.05) is 13.2 Å². The Morgan fingerprint density at radius 1 is 1.06 bits per heavy atom. The lowest BCUT2D eigenvalue weighted by Crippen LogP contribution is -2.68. The molecule has 6 atom stereocenters. The van der Waals surface area contributed by atoms with E-state index in [1.165, 1.54) is 6.92 Å². The molecule has 1 amide bonds. The smallest absolute Gasteiger partial charge is 0.329 e. The highest BCUT2D eigenvalue weighted by atomic mass is 16.8. The van der Waals surface area contributed by atoms with E-state index in [0.29, 0.717) is 5.75 Å². The molecule has 2 saturated heterocycles. The van der Waals surface area contributed by atoms with Gasteiger partial charge in [-0.1, -0.05) is 48.5 Å². The van der Waals surface area contributed by atoms with Gasteiger partial charge in [0, 0.05) is 12.5 Å². The zero-order valence-electron chi connectivity index (χ0n) is 17.5. The van der Waals surface area contributed by atoms with Crippen molar-refractivity contribution >= 4 is 11.9 Å². The van der Waals surface area contributed by atoms with E-state index in [2.05, 4.69) is 5.32 Å². The number of nitrogens with one attached hydrogen (secondary N) is 1. The zero-order chi connectivity index (χ0) is 22.5. The SMILES string of the molecule is CC(=O)N[C@H]1[C@H](Oc2ccccc2)O[C@@H]2CO[C@@H](c3ccccc3)O[C@H]2[C@@H]1OCC(=O)O. The Labute approximate surface area is 185 Å². The second kappa shape index (κ2) is 10.1. The molecule has 32 heavy (non-hydrogen) atoms. The van der Waals surface area contributed by atoms with Gasteiger partial charge in [-0.3, -0.25) is 4.79 Å². The van der Waals surface area contributed by atoms with Gasteiger partial charge in [-0.25, -0.2) is 4.79 Å². The molecule has 0 radical (unpaired) electrons. The number of hydrogen-bond acceptors (Lipinski definition) is 7. The lowest BCUT2D eigenvalue weighted by molar-refractivity contribution is -0.337. The van der Waals surface area contributed by atoms with E-state index in [1.807, 2.05) is 48.5 Å². The minimum absolute atomic E-state index is 0.179.